The monoisotopic (exact) mass is 384 g/mol. The standard InChI is InChI=1S/C22H29N3O3/c1-22(2,3)28-21(27)23-18-13-9-12-17(14-18)20(26)24-19(15-25(4)5)16-10-7-6-8-11-16/h6-14,19H,15H2,1-5H3,(H,23,27)(H,24,26)/p+1/t19-/m0/s1. The van der Waals surface area contributed by atoms with Gasteiger partial charge in [0.25, 0.3) is 5.91 Å². The number of likely N-dealkylation sites (N-methyl/N-ethyl adjacent to an activating group) is 1. The van der Waals surface area contributed by atoms with Crippen molar-refractivity contribution in [3.05, 3.63) is 65.7 Å². The molecule has 0 aliphatic rings. The number of rotatable bonds is 6. The second kappa shape index (κ2) is 9.37. The summed E-state index contributed by atoms with van der Waals surface area (Å²) in [5.41, 5.74) is 1.45. The number of hydrogen-bond donors (Lipinski definition) is 3. The number of nitrogens with one attached hydrogen (secondary N) is 3. The van der Waals surface area contributed by atoms with Crippen molar-refractivity contribution in [2.24, 2.45) is 0 Å². The van der Waals surface area contributed by atoms with E-state index in [1.807, 2.05) is 44.4 Å². The van der Waals surface area contributed by atoms with Gasteiger partial charge in [0.2, 0.25) is 0 Å². The van der Waals surface area contributed by atoms with E-state index in [2.05, 4.69) is 10.6 Å². The van der Waals surface area contributed by atoms with Gasteiger partial charge in [-0.1, -0.05) is 36.4 Å². The molecule has 6 nitrogen and oxygen atoms in total. The van der Waals surface area contributed by atoms with Crippen LogP contribution in [-0.4, -0.2) is 38.2 Å². The predicted molar refractivity (Wildman–Crippen MR) is 111 cm³/mol. The van der Waals surface area contributed by atoms with Crippen LogP contribution in [0.15, 0.2) is 54.6 Å². The van der Waals surface area contributed by atoms with Crippen LogP contribution in [0, 0.1) is 0 Å². The molecule has 28 heavy (non-hydrogen) atoms. The minimum atomic E-state index is -0.587. The Labute approximate surface area is 166 Å². The molecule has 0 spiro atoms. The summed E-state index contributed by atoms with van der Waals surface area (Å²) in [5.74, 6) is -0.192. The molecular formula is C22H30N3O3+. The molecule has 0 saturated heterocycles. The van der Waals surface area contributed by atoms with Gasteiger partial charge in [-0.15, -0.1) is 0 Å². The Morgan fingerprint density at radius 2 is 1.71 bits per heavy atom. The number of hydrogen-bond acceptors (Lipinski definition) is 3. The zero-order valence-electron chi connectivity index (χ0n) is 17.2. The Morgan fingerprint density at radius 1 is 1.04 bits per heavy atom. The number of anilines is 1. The largest absolute Gasteiger partial charge is 0.444 e. The second-order valence-electron chi connectivity index (χ2n) is 8.06. The lowest BCUT2D eigenvalue weighted by molar-refractivity contribution is -0.860. The topological polar surface area (TPSA) is 71.9 Å². The molecule has 1 atom stereocenters. The molecule has 0 aliphatic carbocycles. The average Bonchev–Trinajstić information content (AvgIpc) is 2.60. The molecule has 0 radical (unpaired) electrons. The Morgan fingerprint density at radius 3 is 2.32 bits per heavy atom. The molecule has 0 unspecified atom stereocenters. The molecule has 2 aromatic carbocycles. The molecular weight excluding hydrogens is 354 g/mol. The highest BCUT2D eigenvalue weighted by molar-refractivity contribution is 5.96. The molecule has 150 valence electrons. The van der Waals surface area contributed by atoms with Gasteiger partial charge in [-0.05, 0) is 44.5 Å². The van der Waals surface area contributed by atoms with Crippen LogP contribution in [-0.2, 0) is 4.74 Å². The third kappa shape index (κ3) is 7.04. The summed E-state index contributed by atoms with van der Waals surface area (Å²) < 4.78 is 5.25. The van der Waals surface area contributed by atoms with Crippen LogP contribution >= 0.6 is 0 Å². The van der Waals surface area contributed by atoms with Crippen molar-refractivity contribution in [2.45, 2.75) is 32.4 Å². The first kappa shape index (κ1) is 21.4. The summed E-state index contributed by atoms with van der Waals surface area (Å²) in [4.78, 5) is 26.0. The molecule has 0 saturated carbocycles. The van der Waals surface area contributed by atoms with Gasteiger partial charge < -0.3 is 15.0 Å². The predicted octanol–water partition coefficient (Wildman–Crippen LogP) is 2.65. The van der Waals surface area contributed by atoms with Crippen molar-refractivity contribution < 1.29 is 19.2 Å². The lowest BCUT2D eigenvalue weighted by Crippen LogP contribution is -3.06. The van der Waals surface area contributed by atoms with Crippen LogP contribution in [0.5, 0.6) is 0 Å². The van der Waals surface area contributed by atoms with Gasteiger partial charge in [0, 0.05) is 11.3 Å². The molecule has 0 aromatic heterocycles. The fraction of sp³-hybridized carbons (Fsp3) is 0.364. The van der Waals surface area contributed by atoms with Gasteiger partial charge in [-0.25, -0.2) is 4.79 Å². The first-order chi connectivity index (χ1) is 13.1. The maximum Gasteiger partial charge on any atom is 0.412 e. The van der Waals surface area contributed by atoms with E-state index in [1.165, 1.54) is 4.90 Å². The molecule has 0 fully saturated rings. The van der Waals surface area contributed by atoms with E-state index in [1.54, 1.807) is 45.0 Å². The van der Waals surface area contributed by atoms with E-state index >= 15 is 0 Å². The number of amides is 2. The lowest BCUT2D eigenvalue weighted by atomic mass is 10.1. The highest BCUT2D eigenvalue weighted by Crippen LogP contribution is 2.16. The van der Waals surface area contributed by atoms with Gasteiger partial charge >= 0.3 is 6.09 Å². The van der Waals surface area contributed by atoms with Gasteiger partial charge in [0.05, 0.1) is 14.1 Å². The lowest BCUT2D eigenvalue weighted by Gasteiger charge is -2.21. The smallest absolute Gasteiger partial charge is 0.412 e. The summed E-state index contributed by atoms with van der Waals surface area (Å²) in [6.07, 6.45) is -0.552. The van der Waals surface area contributed by atoms with Crippen LogP contribution in [0.2, 0.25) is 0 Å². The molecule has 0 aliphatic heterocycles. The van der Waals surface area contributed by atoms with Crippen molar-refractivity contribution in [2.75, 3.05) is 26.0 Å². The van der Waals surface area contributed by atoms with Crippen molar-refractivity contribution in [1.82, 2.24) is 5.32 Å². The van der Waals surface area contributed by atoms with E-state index in [0.717, 1.165) is 12.1 Å². The van der Waals surface area contributed by atoms with Crippen LogP contribution in [0.1, 0.15) is 42.7 Å². The molecule has 2 rings (SSSR count). The maximum atomic E-state index is 12.8. The van der Waals surface area contributed by atoms with Gasteiger partial charge in [0.1, 0.15) is 18.2 Å². The molecule has 2 aromatic rings. The van der Waals surface area contributed by atoms with Gasteiger partial charge in [-0.2, -0.15) is 0 Å². The summed E-state index contributed by atoms with van der Waals surface area (Å²) in [5, 5.41) is 5.76. The average molecular weight is 385 g/mol. The molecule has 0 bridgehead atoms. The van der Waals surface area contributed by atoms with Gasteiger partial charge in [-0.3, -0.25) is 10.1 Å². The third-order valence-corrected chi connectivity index (χ3v) is 3.89. The van der Waals surface area contributed by atoms with Crippen LogP contribution in [0.4, 0.5) is 10.5 Å². The summed E-state index contributed by atoms with van der Waals surface area (Å²) in [6.45, 7) is 6.15. The molecule has 3 N–H and O–H groups in total. The van der Waals surface area contributed by atoms with E-state index < -0.39 is 11.7 Å². The van der Waals surface area contributed by atoms with Crippen molar-refractivity contribution in [3.63, 3.8) is 0 Å². The quantitative estimate of drug-likeness (QED) is 0.717. The van der Waals surface area contributed by atoms with Crippen molar-refractivity contribution in [1.29, 1.82) is 0 Å². The Kier molecular flexibility index (Phi) is 7.18. The number of carbonyl (C=O) groups is 2. The van der Waals surface area contributed by atoms with E-state index in [4.69, 9.17) is 4.74 Å². The number of quaternary nitrogens is 1. The van der Waals surface area contributed by atoms with E-state index in [-0.39, 0.29) is 11.9 Å². The highest BCUT2D eigenvalue weighted by atomic mass is 16.6. The summed E-state index contributed by atoms with van der Waals surface area (Å²) >= 11 is 0. The SMILES string of the molecule is C[NH+](C)C[C@H](NC(=O)c1cccc(NC(=O)OC(C)(C)C)c1)c1ccccc1. The molecule has 0 heterocycles. The first-order valence-electron chi connectivity index (χ1n) is 9.39. The second-order valence-corrected chi connectivity index (χ2v) is 8.06. The van der Waals surface area contributed by atoms with E-state index in [9.17, 15) is 9.59 Å². The van der Waals surface area contributed by atoms with Crippen molar-refractivity contribution >= 4 is 17.7 Å². The maximum absolute atomic E-state index is 12.8. The third-order valence-electron chi connectivity index (χ3n) is 3.89. The van der Waals surface area contributed by atoms with Crippen molar-refractivity contribution in [3.8, 4) is 0 Å². The van der Waals surface area contributed by atoms with Crippen LogP contribution in [0.3, 0.4) is 0 Å². The first-order valence-corrected chi connectivity index (χ1v) is 9.39. The summed E-state index contributed by atoms with van der Waals surface area (Å²) in [7, 11) is 4.10. The fourth-order valence-electron chi connectivity index (χ4n) is 2.75. The highest BCUT2D eigenvalue weighted by Gasteiger charge is 2.20. The normalized spacial score (nSPS) is 12.4. The Balaban J connectivity index is 2.11. The van der Waals surface area contributed by atoms with E-state index in [0.29, 0.717) is 11.3 Å². The zero-order valence-corrected chi connectivity index (χ0v) is 17.2. The summed E-state index contributed by atoms with van der Waals surface area (Å²) in [6, 6.07) is 16.6. The molecule has 2 amide bonds. The Hall–Kier alpha value is -2.86. The van der Waals surface area contributed by atoms with Crippen LogP contribution < -0.4 is 15.5 Å². The number of ether oxygens (including phenoxy) is 1. The fourth-order valence-corrected chi connectivity index (χ4v) is 2.75. The zero-order chi connectivity index (χ0) is 20.7. The number of benzene rings is 2. The minimum Gasteiger partial charge on any atom is -0.444 e. The van der Waals surface area contributed by atoms with Crippen LogP contribution in [0.25, 0.3) is 0 Å². The molecule has 6 heteroatoms. The Bertz CT molecular complexity index is 798. The van der Waals surface area contributed by atoms with Gasteiger partial charge in [0.15, 0.2) is 0 Å². The number of carbonyl (C=O) groups excluding carboxylic acids is 2. The minimum absolute atomic E-state index is 0.110.